The SMILES string of the molecule is CCCCN(C)C(=O)c1sc2nc(C)[nH]c(=O)c2c1C. The zero-order valence-electron chi connectivity index (χ0n) is 12.2. The number of nitrogens with one attached hydrogen (secondary N) is 1. The molecule has 0 fully saturated rings. The van der Waals surface area contributed by atoms with Crippen molar-refractivity contribution in [2.45, 2.75) is 33.6 Å². The van der Waals surface area contributed by atoms with E-state index in [1.165, 1.54) is 11.3 Å². The van der Waals surface area contributed by atoms with E-state index in [1.54, 1.807) is 18.9 Å². The summed E-state index contributed by atoms with van der Waals surface area (Å²) in [6, 6.07) is 0. The molecule has 0 radical (unpaired) electrons. The van der Waals surface area contributed by atoms with E-state index in [0.717, 1.165) is 24.9 Å². The van der Waals surface area contributed by atoms with Gasteiger partial charge in [0.1, 0.15) is 10.7 Å². The van der Waals surface area contributed by atoms with Crippen LogP contribution in [-0.4, -0.2) is 34.4 Å². The monoisotopic (exact) mass is 293 g/mol. The summed E-state index contributed by atoms with van der Waals surface area (Å²) >= 11 is 1.30. The van der Waals surface area contributed by atoms with Gasteiger partial charge in [-0.1, -0.05) is 13.3 Å². The molecule has 2 rings (SSSR count). The van der Waals surface area contributed by atoms with E-state index in [0.29, 0.717) is 20.9 Å². The number of amides is 1. The fourth-order valence-corrected chi connectivity index (χ4v) is 3.35. The highest BCUT2D eigenvalue weighted by atomic mass is 32.1. The molecular weight excluding hydrogens is 274 g/mol. The van der Waals surface area contributed by atoms with E-state index < -0.39 is 0 Å². The number of hydrogen-bond acceptors (Lipinski definition) is 4. The third kappa shape index (κ3) is 2.60. The number of aromatic nitrogens is 2. The Morgan fingerprint density at radius 3 is 2.75 bits per heavy atom. The smallest absolute Gasteiger partial charge is 0.264 e. The largest absolute Gasteiger partial charge is 0.341 e. The first-order valence-electron chi connectivity index (χ1n) is 6.71. The van der Waals surface area contributed by atoms with Gasteiger partial charge in [0, 0.05) is 13.6 Å². The highest BCUT2D eigenvalue weighted by Crippen LogP contribution is 2.27. The van der Waals surface area contributed by atoms with Crippen molar-refractivity contribution >= 4 is 27.5 Å². The minimum Gasteiger partial charge on any atom is -0.341 e. The second kappa shape index (κ2) is 5.75. The Balaban J connectivity index is 2.45. The Morgan fingerprint density at radius 2 is 2.10 bits per heavy atom. The average molecular weight is 293 g/mol. The molecule has 0 bridgehead atoms. The first kappa shape index (κ1) is 14.7. The highest BCUT2D eigenvalue weighted by molar-refractivity contribution is 7.20. The lowest BCUT2D eigenvalue weighted by Gasteiger charge is -2.15. The first-order valence-corrected chi connectivity index (χ1v) is 7.52. The molecule has 0 saturated carbocycles. The van der Waals surface area contributed by atoms with Crippen LogP contribution in [-0.2, 0) is 0 Å². The van der Waals surface area contributed by atoms with Gasteiger partial charge in [-0.05, 0) is 25.8 Å². The molecular formula is C14H19N3O2S. The van der Waals surface area contributed by atoms with Gasteiger partial charge in [0.25, 0.3) is 11.5 Å². The van der Waals surface area contributed by atoms with Gasteiger partial charge >= 0.3 is 0 Å². The third-order valence-electron chi connectivity index (χ3n) is 3.31. The zero-order chi connectivity index (χ0) is 14.9. The Hall–Kier alpha value is -1.69. The van der Waals surface area contributed by atoms with Gasteiger partial charge in [0.2, 0.25) is 0 Å². The summed E-state index contributed by atoms with van der Waals surface area (Å²) in [6.45, 7) is 6.37. The van der Waals surface area contributed by atoms with Gasteiger partial charge in [0.15, 0.2) is 0 Å². The molecule has 1 N–H and O–H groups in total. The van der Waals surface area contributed by atoms with E-state index in [1.807, 2.05) is 6.92 Å². The van der Waals surface area contributed by atoms with E-state index in [4.69, 9.17) is 0 Å². The summed E-state index contributed by atoms with van der Waals surface area (Å²) in [5, 5.41) is 0.535. The Kier molecular flexibility index (Phi) is 4.23. The fraction of sp³-hybridized carbons (Fsp3) is 0.500. The van der Waals surface area contributed by atoms with Gasteiger partial charge < -0.3 is 9.88 Å². The maximum Gasteiger partial charge on any atom is 0.264 e. The molecule has 0 saturated heterocycles. The maximum atomic E-state index is 12.4. The quantitative estimate of drug-likeness (QED) is 0.941. The fourth-order valence-electron chi connectivity index (χ4n) is 2.13. The summed E-state index contributed by atoms with van der Waals surface area (Å²) in [7, 11) is 1.80. The van der Waals surface area contributed by atoms with Gasteiger partial charge in [-0.15, -0.1) is 11.3 Å². The van der Waals surface area contributed by atoms with Crippen LogP contribution in [0.3, 0.4) is 0 Å². The number of carbonyl (C=O) groups is 1. The Bertz CT molecular complexity index is 702. The molecule has 0 aliphatic carbocycles. The molecule has 0 aliphatic rings. The molecule has 2 aromatic rings. The van der Waals surface area contributed by atoms with E-state index in [2.05, 4.69) is 16.9 Å². The number of aromatic amines is 1. The van der Waals surface area contributed by atoms with Crippen LogP contribution in [0, 0.1) is 13.8 Å². The van der Waals surface area contributed by atoms with E-state index in [9.17, 15) is 9.59 Å². The molecule has 2 aromatic heterocycles. The van der Waals surface area contributed by atoms with Crippen molar-refractivity contribution in [1.29, 1.82) is 0 Å². The molecule has 6 heteroatoms. The number of hydrogen-bond donors (Lipinski definition) is 1. The number of fused-ring (bicyclic) bond motifs is 1. The van der Waals surface area contributed by atoms with Crippen molar-refractivity contribution < 1.29 is 4.79 Å². The number of aryl methyl sites for hydroxylation is 2. The van der Waals surface area contributed by atoms with Crippen molar-refractivity contribution in [3.05, 3.63) is 26.6 Å². The normalized spacial score (nSPS) is 11.0. The lowest BCUT2D eigenvalue weighted by molar-refractivity contribution is 0.0797. The summed E-state index contributed by atoms with van der Waals surface area (Å²) in [6.07, 6.45) is 2.02. The number of H-pyrrole nitrogens is 1. The maximum absolute atomic E-state index is 12.4. The number of rotatable bonds is 4. The number of carbonyl (C=O) groups excluding carboxylic acids is 1. The predicted molar refractivity (Wildman–Crippen MR) is 81.6 cm³/mol. The topological polar surface area (TPSA) is 66.1 Å². The number of thiophene rings is 1. The zero-order valence-corrected chi connectivity index (χ0v) is 13.1. The minimum absolute atomic E-state index is 0.0315. The molecule has 20 heavy (non-hydrogen) atoms. The number of unbranched alkanes of at least 4 members (excludes halogenated alkanes) is 1. The van der Waals surface area contributed by atoms with Crippen LogP contribution in [0.5, 0.6) is 0 Å². The van der Waals surface area contributed by atoms with Crippen molar-refractivity contribution in [2.24, 2.45) is 0 Å². The van der Waals surface area contributed by atoms with Crippen LogP contribution in [0.1, 0.15) is 40.8 Å². The summed E-state index contributed by atoms with van der Waals surface area (Å²) in [5.41, 5.74) is 0.559. The first-order chi connectivity index (χ1) is 9.45. The van der Waals surface area contributed by atoms with Crippen molar-refractivity contribution in [1.82, 2.24) is 14.9 Å². The second-order valence-corrected chi connectivity index (χ2v) is 5.97. The molecule has 0 aliphatic heterocycles. The molecule has 0 unspecified atom stereocenters. The molecule has 5 nitrogen and oxygen atoms in total. The highest BCUT2D eigenvalue weighted by Gasteiger charge is 2.21. The van der Waals surface area contributed by atoms with Crippen LogP contribution >= 0.6 is 11.3 Å². The molecule has 108 valence electrons. The lowest BCUT2D eigenvalue weighted by atomic mass is 10.2. The Morgan fingerprint density at radius 1 is 1.40 bits per heavy atom. The predicted octanol–water partition coefficient (Wildman–Crippen LogP) is 2.47. The molecule has 0 spiro atoms. The standard InChI is InChI=1S/C14H19N3O2S/c1-5-6-7-17(4)14(19)11-8(2)10-12(18)15-9(3)16-13(10)20-11/h5-7H2,1-4H3,(H,15,16,18). The third-order valence-corrected chi connectivity index (χ3v) is 4.48. The molecule has 2 heterocycles. The van der Waals surface area contributed by atoms with Crippen LogP contribution in [0.15, 0.2) is 4.79 Å². The molecule has 0 atom stereocenters. The number of nitrogens with zero attached hydrogens (tertiary/aromatic N) is 2. The van der Waals surface area contributed by atoms with E-state index in [-0.39, 0.29) is 11.5 Å². The van der Waals surface area contributed by atoms with Crippen LogP contribution in [0.25, 0.3) is 10.2 Å². The minimum atomic E-state index is -0.170. The van der Waals surface area contributed by atoms with Crippen molar-refractivity contribution in [3.8, 4) is 0 Å². The lowest BCUT2D eigenvalue weighted by Crippen LogP contribution is -2.27. The van der Waals surface area contributed by atoms with Gasteiger partial charge in [-0.2, -0.15) is 0 Å². The summed E-state index contributed by atoms with van der Waals surface area (Å²) < 4.78 is 0. The van der Waals surface area contributed by atoms with Gasteiger partial charge in [-0.25, -0.2) is 4.98 Å². The van der Waals surface area contributed by atoms with Gasteiger partial charge in [0.05, 0.1) is 10.3 Å². The second-order valence-electron chi connectivity index (χ2n) is 4.97. The summed E-state index contributed by atoms with van der Waals surface area (Å²) in [4.78, 5) is 34.4. The van der Waals surface area contributed by atoms with Gasteiger partial charge in [-0.3, -0.25) is 9.59 Å². The summed E-state index contributed by atoms with van der Waals surface area (Å²) in [5.74, 6) is 0.540. The molecule has 1 amide bonds. The van der Waals surface area contributed by atoms with Crippen LogP contribution in [0.4, 0.5) is 0 Å². The Labute approximate surface area is 121 Å². The van der Waals surface area contributed by atoms with Crippen LogP contribution in [0.2, 0.25) is 0 Å². The van der Waals surface area contributed by atoms with Crippen molar-refractivity contribution in [2.75, 3.05) is 13.6 Å². The van der Waals surface area contributed by atoms with E-state index >= 15 is 0 Å². The average Bonchev–Trinajstić information content (AvgIpc) is 2.72. The molecule has 0 aromatic carbocycles. The van der Waals surface area contributed by atoms with Crippen molar-refractivity contribution in [3.63, 3.8) is 0 Å². The van der Waals surface area contributed by atoms with Crippen LogP contribution < -0.4 is 5.56 Å².